The maximum atomic E-state index is 14.9. The lowest BCUT2D eigenvalue weighted by Gasteiger charge is -2.37. The minimum Gasteiger partial charge on any atom is -0.342 e. The van der Waals surface area contributed by atoms with Crippen LogP contribution in [0.15, 0.2) is 36.4 Å². The van der Waals surface area contributed by atoms with Crippen LogP contribution in [0.1, 0.15) is 87.0 Å². The number of aryl methyl sites for hydroxylation is 1. The maximum Gasteiger partial charge on any atom is 0.229 e. The van der Waals surface area contributed by atoms with Crippen molar-refractivity contribution in [2.75, 3.05) is 39.3 Å². The van der Waals surface area contributed by atoms with E-state index in [1.54, 1.807) is 0 Å². The lowest BCUT2D eigenvalue weighted by atomic mass is 9.81. The summed E-state index contributed by atoms with van der Waals surface area (Å²) in [6, 6.07) is 10.2. The third-order valence-electron chi connectivity index (χ3n) is 9.44. The second-order valence-corrected chi connectivity index (χ2v) is 13.1. The summed E-state index contributed by atoms with van der Waals surface area (Å²) in [5.41, 5.74) is 3.75. The SMILES string of the molecule is Cc1ccc(C2CCN(C(=O)C3CN(C(C)(C)C)C[C@H]3c3ccc(F)cc3F)CC2)c([C@@H](C)C(=O)N2CCC2)c1. The van der Waals surface area contributed by atoms with E-state index in [4.69, 9.17) is 0 Å². The Morgan fingerprint density at radius 3 is 2.17 bits per heavy atom. The fourth-order valence-corrected chi connectivity index (χ4v) is 6.75. The van der Waals surface area contributed by atoms with Gasteiger partial charge in [0.2, 0.25) is 11.8 Å². The van der Waals surface area contributed by atoms with E-state index in [9.17, 15) is 18.4 Å². The van der Waals surface area contributed by atoms with Crippen LogP contribution in [0.2, 0.25) is 0 Å². The number of likely N-dealkylation sites (tertiary alicyclic amines) is 3. The molecule has 0 aliphatic carbocycles. The molecule has 3 aliphatic heterocycles. The summed E-state index contributed by atoms with van der Waals surface area (Å²) >= 11 is 0. The van der Waals surface area contributed by atoms with Crippen LogP contribution in [-0.4, -0.2) is 71.3 Å². The Bertz CT molecular complexity index is 1260. The normalized spacial score (nSPS) is 23.3. The summed E-state index contributed by atoms with van der Waals surface area (Å²) in [6.07, 6.45) is 2.74. The molecule has 5 rings (SSSR count). The quantitative estimate of drug-likeness (QED) is 0.470. The fraction of sp³-hybridized carbons (Fsp3) is 0.576. The fourth-order valence-electron chi connectivity index (χ4n) is 6.75. The number of hydrogen-bond acceptors (Lipinski definition) is 3. The smallest absolute Gasteiger partial charge is 0.229 e. The molecule has 0 radical (unpaired) electrons. The van der Waals surface area contributed by atoms with Crippen LogP contribution in [0.4, 0.5) is 8.78 Å². The third-order valence-corrected chi connectivity index (χ3v) is 9.44. The largest absolute Gasteiger partial charge is 0.342 e. The summed E-state index contributed by atoms with van der Waals surface area (Å²) in [7, 11) is 0. The zero-order valence-corrected chi connectivity index (χ0v) is 24.6. The van der Waals surface area contributed by atoms with Gasteiger partial charge in [0.15, 0.2) is 0 Å². The maximum absolute atomic E-state index is 14.9. The summed E-state index contributed by atoms with van der Waals surface area (Å²) in [5.74, 6) is -1.51. The lowest BCUT2D eigenvalue weighted by molar-refractivity contribution is -0.137. The molecular formula is C33H43F2N3O2. The monoisotopic (exact) mass is 551 g/mol. The molecule has 5 nitrogen and oxygen atoms in total. The molecule has 3 atom stereocenters. The van der Waals surface area contributed by atoms with Gasteiger partial charge in [-0.1, -0.05) is 29.8 Å². The number of rotatable bonds is 5. The molecule has 2 amide bonds. The van der Waals surface area contributed by atoms with Crippen LogP contribution in [0.3, 0.4) is 0 Å². The summed E-state index contributed by atoms with van der Waals surface area (Å²) in [5, 5.41) is 0. The van der Waals surface area contributed by atoms with Crippen LogP contribution in [-0.2, 0) is 9.59 Å². The predicted octanol–water partition coefficient (Wildman–Crippen LogP) is 5.83. The predicted molar refractivity (Wildman–Crippen MR) is 153 cm³/mol. The van der Waals surface area contributed by atoms with Gasteiger partial charge in [0.25, 0.3) is 0 Å². The molecule has 0 N–H and O–H groups in total. The van der Waals surface area contributed by atoms with E-state index in [0.717, 1.165) is 49.5 Å². The average molecular weight is 552 g/mol. The van der Waals surface area contributed by atoms with Gasteiger partial charge in [-0.05, 0) is 82.6 Å². The highest BCUT2D eigenvalue weighted by atomic mass is 19.1. The van der Waals surface area contributed by atoms with Gasteiger partial charge in [-0.25, -0.2) is 8.78 Å². The second-order valence-electron chi connectivity index (χ2n) is 13.1. The number of nitrogens with zero attached hydrogens (tertiary/aromatic N) is 3. The molecule has 0 spiro atoms. The zero-order valence-electron chi connectivity index (χ0n) is 24.6. The van der Waals surface area contributed by atoms with Gasteiger partial charge in [-0.3, -0.25) is 14.5 Å². The second kappa shape index (κ2) is 11.2. The van der Waals surface area contributed by atoms with Crippen molar-refractivity contribution in [1.29, 1.82) is 0 Å². The summed E-state index contributed by atoms with van der Waals surface area (Å²) < 4.78 is 28.6. The first kappa shape index (κ1) is 28.7. The first-order valence-electron chi connectivity index (χ1n) is 14.8. The minimum absolute atomic E-state index is 0.0596. The molecule has 216 valence electrons. The number of carbonyl (C=O) groups excluding carboxylic acids is 2. The van der Waals surface area contributed by atoms with Crippen LogP contribution in [0, 0.1) is 24.5 Å². The standard InChI is InChI=1S/C33H43F2N3O2/c1-21-7-9-25(27(17-21)22(2)31(39)36-13-6-14-36)23-11-15-37(16-12-23)32(40)29-20-38(33(3,4)5)19-28(29)26-10-8-24(34)18-30(26)35/h7-10,17-18,22-23,28-29H,6,11-16,19-20H2,1-5H3/t22-,28+,29?/m1/s1. The molecule has 3 heterocycles. The van der Waals surface area contributed by atoms with E-state index in [2.05, 4.69) is 50.8 Å². The third kappa shape index (κ3) is 5.67. The highest BCUT2D eigenvalue weighted by Gasteiger charge is 2.45. The van der Waals surface area contributed by atoms with Gasteiger partial charge >= 0.3 is 0 Å². The van der Waals surface area contributed by atoms with Gasteiger partial charge in [0.1, 0.15) is 11.6 Å². The number of amides is 2. The first-order chi connectivity index (χ1) is 18.9. The highest BCUT2D eigenvalue weighted by Crippen LogP contribution is 2.40. The van der Waals surface area contributed by atoms with Crippen LogP contribution >= 0.6 is 0 Å². The Kier molecular flexibility index (Phi) is 8.06. The number of hydrogen-bond donors (Lipinski definition) is 0. The minimum atomic E-state index is -0.603. The topological polar surface area (TPSA) is 43.9 Å². The molecule has 0 saturated carbocycles. The number of piperidine rings is 1. The van der Waals surface area contributed by atoms with Crippen molar-refractivity contribution in [2.45, 2.75) is 77.2 Å². The van der Waals surface area contributed by atoms with Crippen LogP contribution in [0.5, 0.6) is 0 Å². The van der Waals surface area contributed by atoms with Crippen LogP contribution in [0.25, 0.3) is 0 Å². The molecule has 2 aromatic carbocycles. The Hall–Kier alpha value is -2.80. The van der Waals surface area contributed by atoms with Crippen molar-refractivity contribution in [3.63, 3.8) is 0 Å². The van der Waals surface area contributed by atoms with Gasteiger partial charge < -0.3 is 9.80 Å². The van der Waals surface area contributed by atoms with E-state index in [1.807, 2.05) is 16.7 Å². The van der Waals surface area contributed by atoms with Crippen molar-refractivity contribution in [2.24, 2.45) is 5.92 Å². The average Bonchev–Trinajstić information content (AvgIpc) is 3.33. The summed E-state index contributed by atoms with van der Waals surface area (Å²) in [6.45, 7) is 14.5. The van der Waals surface area contributed by atoms with Gasteiger partial charge in [-0.2, -0.15) is 0 Å². The van der Waals surface area contributed by atoms with Crippen LogP contribution < -0.4 is 0 Å². The molecular weight excluding hydrogens is 508 g/mol. The first-order valence-corrected chi connectivity index (χ1v) is 14.8. The zero-order chi connectivity index (χ0) is 28.8. The number of carbonyl (C=O) groups is 2. The van der Waals surface area contributed by atoms with E-state index in [1.165, 1.54) is 17.7 Å². The lowest BCUT2D eigenvalue weighted by Crippen LogP contribution is -2.45. The molecule has 2 aromatic rings. The van der Waals surface area contributed by atoms with E-state index in [0.29, 0.717) is 31.7 Å². The Balaban J connectivity index is 1.32. The highest BCUT2D eigenvalue weighted by molar-refractivity contribution is 5.84. The van der Waals surface area contributed by atoms with Crippen molar-refractivity contribution in [3.05, 3.63) is 70.3 Å². The van der Waals surface area contributed by atoms with Crippen molar-refractivity contribution < 1.29 is 18.4 Å². The number of benzene rings is 2. The van der Waals surface area contributed by atoms with Crippen molar-refractivity contribution >= 4 is 11.8 Å². The number of halogens is 2. The Morgan fingerprint density at radius 1 is 0.900 bits per heavy atom. The molecule has 3 aliphatic rings. The van der Waals surface area contributed by atoms with E-state index < -0.39 is 11.6 Å². The van der Waals surface area contributed by atoms with Crippen molar-refractivity contribution in [3.8, 4) is 0 Å². The van der Waals surface area contributed by atoms with E-state index >= 15 is 0 Å². The molecule has 0 bridgehead atoms. The molecule has 1 unspecified atom stereocenters. The Morgan fingerprint density at radius 2 is 1.57 bits per heavy atom. The van der Waals surface area contributed by atoms with Gasteiger partial charge in [0.05, 0.1) is 11.8 Å². The summed E-state index contributed by atoms with van der Waals surface area (Å²) in [4.78, 5) is 33.2. The van der Waals surface area contributed by atoms with Crippen molar-refractivity contribution in [1.82, 2.24) is 14.7 Å². The Labute approximate surface area is 237 Å². The molecule has 7 heteroatoms. The molecule has 40 heavy (non-hydrogen) atoms. The molecule has 0 aromatic heterocycles. The molecule has 3 fully saturated rings. The van der Waals surface area contributed by atoms with E-state index in [-0.39, 0.29) is 41.0 Å². The van der Waals surface area contributed by atoms with Gasteiger partial charge in [-0.15, -0.1) is 0 Å². The molecule has 3 saturated heterocycles. The van der Waals surface area contributed by atoms with Gasteiger partial charge in [0, 0.05) is 56.8 Å².